The predicted octanol–water partition coefficient (Wildman–Crippen LogP) is 0.309. The Morgan fingerprint density at radius 2 is 2.04 bits per heavy atom. The molecule has 0 aromatic carbocycles. The Morgan fingerprint density at radius 3 is 2.71 bits per heavy atom. The van der Waals surface area contributed by atoms with Crippen molar-refractivity contribution in [2.24, 2.45) is 5.92 Å². The van der Waals surface area contributed by atoms with Gasteiger partial charge < -0.3 is 15.4 Å². The zero-order valence-electron chi connectivity index (χ0n) is 13.8. The van der Waals surface area contributed by atoms with Crippen LogP contribution in [0, 0.1) is 5.92 Å². The van der Waals surface area contributed by atoms with Crippen LogP contribution in [0.1, 0.15) is 45.4 Å². The van der Waals surface area contributed by atoms with Crippen LogP contribution in [0.15, 0.2) is 0 Å². The third-order valence-corrected chi connectivity index (χ3v) is 5.10. The minimum Gasteiger partial charge on any atom is -0.454 e. The first-order valence-corrected chi connectivity index (χ1v) is 8.51. The van der Waals surface area contributed by atoms with Crippen LogP contribution in [-0.2, 0) is 19.1 Å². The third-order valence-electron chi connectivity index (χ3n) is 5.10. The van der Waals surface area contributed by atoms with Crippen LogP contribution in [-0.4, -0.2) is 53.4 Å². The van der Waals surface area contributed by atoms with Gasteiger partial charge in [-0.2, -0.15) is 0 Å². The van der Waals surface area contributed by atoms with Gasteiger partial charge in [-0.3, -0.25) is 19.3 Å². The number of nitrogens with zero attached hydrogens (tertiary/aromatic N) is 1. The number of hydrogen-bond donors (Lipinski definition) is 2. The zero-order chi connectivity index (χ0) is 17.3. The summed E-state index contributed by atoms with van der Waals surface area (Å²) in [4.78, 5) is 49.1. The maximum Gasteiger partial charge on any atom is 0.326 e. The summed E-state index contributed by atoms with van der Waals surface area (Å²) in [5, 5.41) is 5.47. The van der Waals surface area contributed by atoms with Crippen LogP contribution in [0.25, 0.3) is 0 Å². The molecule has 1 spiro atoms. The quantitative estimate of drug-likeness (QED) is 0.555. The van der Waals surface area contributed by atoms with Crippen molar-refractivity contribution >= 4 is 23.8 Å². The Balaban J connectivity index is 1.54. The van der Waals surface area contributed by atoms with Crippen molar-refractivity contribution in [3.63, 3.8) is 0 Å². The molecular weight excluding hydrogens is 314 g/mol. The summed E-state index contributed by atoms with van der Waals surface area (Å²) < 4.78 is 4.87. The number of carbonyl (C=O) groups is 4. The summed E-state index contributed by atoms with van der Waals surface area (Å²) in [6.45, 7) is 1.09. The number of hydrogen-bond acceptors (Lipinski definition) is 5. The van der Waals surface area contributed by atoms with Gasteiger partial charge in [-0.25, -0.2) is 4.79 Å². The van der Waals surface area contributed by atoms with Gasteiger partial charge in [0.05, 0.1) is 0 Å². The molecule has 1 aliphatic heterocycles. The second-order valence-electron chi connectivity index (χ2n) is 6.94. The van der Waals surface area contributed by atoms with Gasteiger partial charge in [-0.05, 0) is 31.6 Å². The second-order valence-corrected chi connectivity index (χ2v) is 6.94. The fourth-order valence-corrected chi connectivity index (χ4v) is 3.46. The van der Waals surface area contributed by atoms with E-state index in [9.17, 15) is 19.2 Å². The SMILES string of the molecule is C[C@H]1CCCC[C@@]12NC(=O)N(CC(=O)OCC(=O)NC1CC1)C2=O. The molecule has 2 saturated carbocycles. The first-order valence-electron chi connectivity index (χ1n) is 8.51. The second kappa shape index (κ2) is 6.41. The smallest absolute Gasteiger partial charge is 0.326 e. The molecule has 2 N–H and O–H groups in total. The molecule has 0 unspecified atom stereocenters. The lowest BCUT2D eigenvalue weighted by Crippen LogP contribution is -2.54. The van der Waals surface area contributed by atoms with Gasteiger partial charge in [0.2, 0.25) is 0 Å². The van der Waals surface area contributed by atoms with Gasteiger partial charge in [0.15, 0.2) is 6.61 Å². The number of amides is 4. The monoisotopic (exact) mass is 337 g/mol. The minimum atomic E-state index is -0.890. The van der Waals surface area contributed by atoms with Gasteiger partial charge in [0.25, 0.3) is 11.8 Å². The molecule has 4 amide bonds. The fourth-order valence-electron chi connectivity index (χ4n) is 3.46. The average molecular weight is 337 g/mol. The maximum absolute atomic E-state index is 12.7. The van der Waals surface area contributed by atoms with Gasteiger partial charge >= 0.3 is 12.0 Å². The highest BCUT2D eigenvalue weighted by Gasteiger charge is 2.55. The molecule has 24 heavy (non-hydrogen) atoms. The Hall–Kier alpha value is -2.12. The molecule has 8 heteroatoms. The van der Waals surface area contributed by atoms with E-state index in [1.807, 2.05) is 6.92 Å². The Bertz CT molecular complexity index is 574. The molecule has 0 aromatic heterocycles. The molecule has 3 aliphatic rings. The predicted molar refractivity (Wildman–Crippen MR) is 82.7 cm³/mol. The van der Waals surface area contributed by atoms with Gasteiger partial charge in [0, 0.05) is 6.04 Å². The molecule has 2 aliphatic carbocycles. The lowest BCUT2D eigenvalue weighted by Gasteiger charge is -2.36. The van der Waals surface area contributed by atoms with Crippen molar-refractivity contribution in [3.8, 4) is 0 Å². The molecule has 132 valence electrons. The normalized spacial score (nSPS) is 29.5. The van der Waals surface area contributed by atoms with E-state index < -0.39 is 24.1 Å². The van der Waals surface area contributed by atoms with E-state index in [-0.39, 0.29) is 30.4 Å². The van der Waals surface area contributed by atoms with Crippen molar-refractivity contribution < 1.29 is 23.9 Å². The molecule has 1 heterocycles. The molecule has 3 fully saturated rings. The molecule has 0 bridgehead atoms. The number of nitrogens with one attached hydrogen (secondary N) is 2. The summed E-state index contributed by atoms with van der Waals surface area (Å²) in [6, 6.07) is -0.372. The van der Waals surface area contributed by atoms with Crippen LogP contribution in [0.4, 0.5) is 4.79 Å². The van der Waals surface area contributed by atoms with Crippen LogP contribution in [0.5, 0.6) is 0 Å². The average Bonchev–Trinajstić information content (AvgIpc) is 3.32. The summed E-state index contributed by atoms with van der Waals surface area (Å²) in [7, 11) is 0. The van der Waals surface area contributed by atoms with Gasteiger partial charge in [0.1, 0.15) is 12.1 Å². The fraction of sp³-hybridized carbons (Fsp3) is 0.750. The first-order chi connectivity index (χ1) is 11.4. The minimum absolute atomic E-state index is 0.0352. The van der Waals surface area contributed by atoms with Crippen LogP contribution < -0.4 is 10.6 Å². The topological polar surface area (TPSA) is 105 Å². The molecule has 8 nitrogen and oxygen atoms in total. The Kier molecular flexibility index (Phi) is 4.47. The molecule has 2 atom stereocenters. The van der Waals surface area contributed by atoms with Crippen LogP contribution in [0.2, 0.25) is 0 Å². The van der Waals surface area contributed by atoms with E-state index in [4.69, 9.17) is 4.74 Å². The molecule has 3 rings (SSSR count). The van der Waals surface area contributed by atoms with Gasteiger partial charge in [-0.1, -0.05) is 19.8 Å². The number of imide groups is 1. The maximum atomic E-state index is 12.7. The highest BCUT2D eigenvalue weighted by atomic mass is 16.5. The highest BCUT2D eigenvalue weighted by molar-refractivity contribution is 6.09. The number of esters is 1. The Labute approximate surface area is 140 Å². The van der Waals surface area contributed by atoms with Crippen LogP contribution >= 0.6 is 0 Å². The van der Waals surface area contributed by atoms with E-state index in [1.54, 1.807) is 0 Å². The van der Waals surface area contributed by atoms with E-state index in [2.05, 4.69) is 10.6 Å². The lowest BCUT2D eigenvalue weighted by atomic mass is 9.73. The molecule has 1 saturated heterocycles. The van der Waals surface area contributed by atoms with Crippen LogP contribution in [0.3, 0.4) is 0 Å². The lowest BCUT2D eigenvalue weighted by molar-refractivity contribution is -0.151. The summed E-state index contributed by atoms with van der Waals surface area (Å²) >= 11 is 0. The summed E-state index contributed by atoms with van der Waals surface area (Å²) in [5.41, 5.74) is -0.890. The summed E-state index contributed by atoms with van der Waals surface area (Å²) in [6.07, 6.45) is 5.25. The molecular formula is C16H23N3O5. The van der Waals surface area contributed by atoms with Crippen molar-refractivity contribution in [3.05, 3.63) is 0 Å². The molecule has 0 radical (unpaired) electrons. The standard InChI is InChI=1S/C16H23N3O5/c1-10-4-2-3-7-16(10)14(22)19(15(23)18-16)8-13(21)24-9-12(20)17-11-5-6-11/h10-11H,2-9H2,1H3,(H,17,20)(H,18,23)/t10-,16+/m0/s1. The van der Waals surface area contributed by atoms with Crippen molar-refractivity contribution in [1.29, 1.82) is 0 Å². The van der Waals surface area contributed by atoms with E-state index in [1.165, 1.54) is 0 Å². The highest BCUT2D eigenvalue weighted by Crippen LogP contribution is 2.38. The zero-order valence-corrected chi connectivity index (χ0v) is 13.8. The summed E-state index contributed by atoms with van der Waals surface area (Å²) in [5.74, 6) is -1.45. The first kappa shape index (κ1) is 16.7. The van der Waals surface area contributed by atoms with E-state index in [0.29, 0.717) is 6.42 Å². The van der Waals surface area contributed by atoms with E-state index >= 15 is 0 Å². The largest absolute Gasteiger partial charge is 0.454 e. The Morgan fingerprint density at radius 1 is 1.29 bits per heavy atom. The van der Waals surface area contributed by atoms with E-state index in [0.717, 1.165) is 37.0 Å². The van der Waals surface area contributed by atoms with Crippen molar-refractivity contribution in [2.75, 3.05) is 13.2 Å². The van der Waals surface area contributed by atoms with Crippen molar-refractivity contribution in [2.45, 2.75) is 57.0 Å². The third kappa shape index (κ3) is 3.22. The number of ether oxygens (including phenoxy) is 1. The number of rotatable bonds is 5. The molecule has 0 aromatic rings. The van der Waals surface area contributed by atoms with Gasteiger partial charge in [-0.15, -0.1) is 0 Å². The number of carbonyl (C=O) groups excluding carboxylic acids is 4. The number of urea groups is 1. The van der Waals surface area contributed by atoms with Crippen molar-refractivity contribution in [1.82, 2.24) is 15.5 Å².